The van der Waals surface area contributed by atoms with Gasteiger partial charge in [0.05, 0.1) is 24.6 Å². The Morgan fingerprint density at radius 1 is 1.26 bits per heavy atom. The van der Waals surface area contributed by atoms with Crippen molar-refractivity contribution in [1.82, 2.24) is 10.4 Å². The highest BCUT2D eigenvalue weighted by molar-refractivity contribution is 7.17. The first-order valence-electron chi connectivity index (χ1n) is 8.66. The molecule has 2 aliphatic rings. The van der Waals surface area contributed by atoms with E-state index in [1.165, 1.54) is 11.3 Å². The van der Waals surface area contributed by atoms with E-state index in [4.69, 9.17) is 14.2 Å². The molecule has 1 fully saturated rings. The normalized spacial score (nSPS) is 16.5. The van der Waals surface area contributed by atoms with Gasteiger partial charge in [0.1, 0.15) is 4.88 Å². The van der Waals surface area contributed by atoms with Gasteiger partial charge in [-0.1, -0.05) is 11.3 Å². The van der Waals surface area contributed by atoms with Crippen LogP contribution in [0.2, 0.25) is 0 Å². The average Bonchev–Trinajstić information content (AvgIpc) is 3.32. The number of anilines is 1. The first kappa shape index (κ1) is 17.7. The van der Waals surface area contributed by atoms with Crippen LogP contribution in [0.1, 0.15) is 27.9 Å². The number of nitrogens with one attached hydrogen (secondary N) is 1. The third kappa shape index (κ3) is 3.74. The average molecular weight is 388 g/mol. The first-order valence-corrected chi connectivity index (χ1v) is 9.48. The predicted molar refractivity (Wildman–Crippen MR) is 102 cm³/mol. The number of morpholine rings is 1. The number of hydrazone groups is 1. The van der Waals surface area contributed by atoms with Gasteiger partial charge in [-0.2, -0.15) is 5.10 Å². The van der Waals surface area contributed by atoms with Gasteiger partial charge in [0.25, 0.3) is 5.91 Å². The first-order chi connectivity index (χ1) is 13.1. The van der Waals surface area contributed by atoms with Crippen molar-refractivity contribution in [2.45, 2.75) is 13.8 Å². The molecule has 0 saturated carbocycles. The minimum atomic E-state index is -0.260. The summed E-state index contributed by atoms with van der Waals surface area (Å²) in [5.74, 6) is 1.14. The molecule has 2 aromatic rings. The van der Waals surface area contributed by atoms with E-state index in [0.717, 1.165) is 23.8 Å². The third-order valence-electron chi connectivity index (χ3n) is 4.39. The number of aryl methyl sites for hydroxylation is 1. The molecule has 0 unspecified atom stereocenters. The van der Waals surface area contributed by atoms with Crippen molar-refractivity contribution < 1.29 is 19.0 Å². The summed E-state index contributed by atoms with van der Waals surface area (Å²) in [5, 5.41) is 5.07. The lowest BCUT2D eigenvalue weighted by Gasteiger charge is -2.25. The fraction of sp³-hybridized carbons (Fsp3) is 0.389. The van der Waals surface area contributed by atoms with Gasteiger partial charge in [-0.05, 0) is 32.0 Å². The summed E-state index contributed by atoms with van der Waals surface area (Å²) < 4.78 is 16.0. The second kappa shape index (κ2) is 7.53. The number of hydrogen-bond donors (Lipinski definition) is 1. The molecule has 9 heteroatoms. The Morgan fingerprint density at radius 2 is 2.04 bits per heavy atom. The summed E-state index contributed by atoms with van der Waals surface area (Å²) in [5.41, 5.74) is 4.86. The highest BCUT2D eigenvalue weighted by Gasteiger charge is 2.20. The molecule has 1 amide bonds. The molecule has 0 radical (unpaired) electrons. The van der Waals surface area contributed by atoms with Crippen LogP contribution in [0.15, 0.2) is 23.3 Å². The molecule has 1 saturated heterocycles. The van der Waals surface area contributed by atoms with E-state index < -0.39 is 0 Å². The predicted octanol–water partition coefficient (Wildman–Crippen LogP) is 2.17. The number of rotatable bonds is 4. The highest BCUT2D eigenvalue weighted by atomic mass is 32.1. The van der Waals surface area contributed by atoms with Gasteiger partial charge in [0, 0.05) is 18.7 Å². The molecule has 4 rings (SSSR count). The summed E-state index contributed by atoms with van der Waals surface area (Å²) in [6.07, 6.45) is 0. The summed E-state index contributed by atoms with van der Waals surface area (Å²) in [7, 11) is 0. The molecule has 2 aliphatic heterocycles. The van der Waals surface area contributed by atoms with E-state index in [9.17, 15) is 4.79 Å². The van der Waals surface area contributed by atoms with Crippen LogP contribution < -0.4 is 19.8 Å². The van der Waals surface area contributed by atoms with Crippen molar-refractivity contribution in [3.8, 4) is 11.5 Å². The highest BCUT2D eigenvalue weighted by Crippen LogP contribution is 2.32. The molecular formula is C18H20N4O4S. The zero-order valence-corrected chi connectivity index (χ0v) is 16.0. The minimum absolute atomic E-state index is 0.224. The van der Waals surface area contributed by atoms with Crippen molar-refractivity contribution in [1.29, 1.82) is 0 Å². The van der Waals surface area contributed by atoms with Crippen molar-refractivity contribution >= 4 is 28.1 Å². The molecular weight excluding hydrogens is 368 g/mol. The SMILES string of the molecule is CC(=NNC(=O)c1sc(N2CCOCC2)nc1C)c1ccc2c(c1)OCO2. The number of amides is 1. The third-order valence-corrected chi connectivity index (χ3v) is 5.61. The van der Waals surface area contributed by atoms with E-state index in [2.05, 4.69) is 20.4 Å². The Balaban J connectivity index is 1.45. The van der Waals surface area contributed by atoms with Gasteiger partial charge in [-0.3, -0.25) is 4.79 Å². The molecule has 1 aromatic carbocycles. The number of nitrogens with zero attached hydrogens (tertiary/aromatic N) is 3. The number of fused-ring (bicyclic) bond motifs is 1. The Hall–Kier alpha value is -2.65. The molecule has 0 bridgehead atoms. The Morgan fingerprint density at radius 3 is 2.85 bits per heavy atom. The Labute approximate surface area is 160 Å². The van der Waals surface area contributed by atoms with E-state index in [-0.39, 0.29) is 12.7 Å². The fourth-order valence-corrected chi connectivity index (χ4v) is 3.86. The summed E-state index contributed by atoms with van der Waals surface area (Å²) in [4.78, 5) is 19.8. The lowest BCUT2D eigenvalue weighted by atomic mass is 10.1. The van der Waals surface area contributed by atoms with Gasteiger partial charge in [-0.15, -0.1) is 0 Å². The molecule has 27 heavy (non-hydrogen) atoms. The van der Waals surface area contributed by atoms with Crippen LogP contribution in [0, 0.1) is 6.92 Å². The van der Waals surface area contributed by atoms with Crippen LogP contribution in [0.4, 0.5) is 5.13 Å². The molecule has 0 aliphatic carbocycles. The summed E-state index contributed by atoms with van der Waals surface area (Å²) in [6, 6.07) is 5.56. The van der Waals surface area contributed by atoms with Crippen molar-refractivity contribution in [2.24, 2.45) is 5.10 Å². The number of thiazole rings is 1. The maximum Gasteiger partial charge on any atom is 0.283 e. The second-order valence-corrected chi connectivity index (χ2v) is 7.19. The summed E-state index contributed by atoms with van der Waals surface area (Å²) >= 11 is 1.38. The van der Waals surface area contributed by atoms with Gasteiger partial charge in [-0.25, -0.2) is 10.4 Å². The Kier molecular flexibility index (Phi) is 4.95. The number of carbonyl (C=O) groups is 1. The number of aromatic nitrogens is 1. The minimum Gasteiger partial charge on any atom is -0.454 e. The van der Waals surface area contributed by atoms with E-state index in [0.29, 0.717) is 41.0 Å². The summed E-state index contributed by atoms with van der Waals surface area (Å²) in [6.45, 7) is 6.82. The van der Waals surface area contributed by atoms with E-state index in [1.54, 1.807) is 0 Å². The topological polar surface area (TPSA) is 85.3 Å². The standard InChI is InChI=1S/C18H20N4O4S/c1-11(13-3-4-14-15(9-13)26-10-25-14)20-21-17(23)16-12(2)19-18(27-16)22-5-7-24-8-6-22/h3-4,9H,5-8,10H2,1-2H3,(H,21,23). The van der Waals surface area contributed by atoms with Gasteiger partial charge in [0.2, 0.25) is 6.79 Å². The molecule has 142 valence electrons. The monoisotopic (exact) mass is 388 g/mol. The van der Waals surface area contributed by atoms with Crippen LogP contribution >= 0.6 is 11.3 Å². The van der Waals surface area contributed by atoms with Gasteiger partial charge >= 0.3 is 0 Å². The van der Waals surface area contributed by atoms with E-state index in [1.807, 2.05) is 32.0 Å². The maximum atomic E-state index is 12.5. The van der Waals surface area contributed by atoms with Crippen LogP contribution in [-0.4, -0.2) is 49.7 Å². The largest absolute Gasteiger partial charge is 0.454 e. The lowest BCUT2D eigenvalue weighted by Crippen LogP contribution is -2.36. The van der Waals surface area contributed by atoms with Crippen LogP contribution in [0.25, 0.3) is 0 Å². The zero-order valence-electron chi connectivity index (χ0n) is 15.2. The number of benzene rings is 1. The smallest absolute Gasteiger partial charge is 0.283 e. The molecule has 1 N–H and O–H groups in total. The molecule has 0 spiro atoms. The molecule has 8 nitrogen and oxygen atoms in total. The number of hydrogen-bond acceptors (Lipinski definition) is 8. The van der Waals surface area contributed by atoms with Crippen LogP contribution in [-0.2, 0) is 4.74 Å². The van der Waals surface area contributed by atoms with Crippen LogP contribution in [0.5, 0.6) is 11.5 Å². The number of ether oxygens (including phenoxy) is 3. The van der Waals surface area contributed by atoms with Gasteiger partial charge in [0.15, 0.2) is 16.6 Å². The van der Waals surface area contributed by atoms with Gasteiger partial charge < -0.3 is 19.1 Å². The van der Waals surface area contributed by atoms with E-state index >= 15 is 0 Å². The molecule has 3 heterocycles. The quantitative estimate of drug-likeness (QED) is 0.638. The zero-order chi connectivity index (χ0) is 18.8. The van der Waals surface area contributed by atoms with Crippen molar-refractivity contribution in [3.05, 3.63) is 34.3 Å². The Bertz CT molecular complexity index is 889. The molecule has 1 aromatic heterocycles. The van der Waals surface area contributed by atoms with Crippen LogP contribution in [0.3, 0.4) is 0 Å². The van der Waals surface area contributed by atoms with Crippen molar-refractivity contribution in [2.75, 3.05) is 38.0 Å². The number of carbonyl (C=O) groups excluding carboxylic acids is 1. The second-order valence-electron chi connectivity index (χ2n) is 6.22. The maximum absolute atomic E-state index is 12.5. The van der Waals surface area contributed by atoms with Crippen molar-refractivity contribution in [3.63, 3.8) is 0 Å². The lowest BCUT2D eigenvalue weighted by molar-refractivity contribution is 0.0958. The molecule has 0 atom stereocenters. The fourth-order valence-electron chi connectivity index (χ4n) is 2.85.